The Morgan fingerprint density at radius 3 is 2.69 bits per heavy atom. The van der Waals surface area contributed by atoms with Gasteiger partial charge in [-0.25, -0.2) is 0 Å². The minimum atomic E-state index is -0.251. The molecule has 0 unspecified atom stereocenters. The molecule has 32 heavy (non-hydrogen) atoms. The fourth-order valence-corrected chi connectivity index (χ4v) is 4.29. The van der Waals surface area contributed by atoms with Gasteiger partial charge in [0.05, 0.1) is 11.5 Å². The molecule has 3 rings (SSSR count). The number of thioether (sulfide) groups is 1. The molecular formula is C25H27N3O3S. The number of allylic oxidation sites excluding steroid dienone is 1. The van der Waals surface area contributed by atoms with Gasteiger partial charge in [-0.15, -0.1) is 6.58 Å². The Morgan fingerprint density at radius 2 is 2.03 bits per heavy atom. The van der Waals surface area contributed by atoms with E-state index in [-0.39, 0.29) is 18.0 Å². The van der Waals surface area contributed by atoms with Gasteiger partial charge in [0.2, 0.25) is 0 Å². The van der Waals surface area contributed by atoms with Crippen molar-refractivity contribution in [2.45, 2.75) is 32.2 Å². The highest BCUT2D eigenvalue weighted by atomic mass is 32.2. The van der Waals surface area contributed by atoms with Crippen LogP contribution in [0.3, 0.4) is 0 Å². The second-order valence-corrected chi connectivity index (χ2v) is 8.20. The monoisotopic (exact) mass is 449 g/mol. The summed E-state index contributed by atoms with van der Waals surface area (Å²) in [5.74, 6) is 0.947. The van der Waals surface area contributed by atoms with E-state index >= 15 is 0 Å². The highest BCUT2D eigenvalue weighted by Gasteiger charge is 2.27. The lowest BCUT2D eigenvalue weighted by atomic mass is 10.0. The lowest BCUT2D eigenvalue weighted by Gasteiger charge is -2.15. The number of benzene rings is 2. The summed E-state index contributed by atoms with van der Waals surface area (Å²) in [6, 6.07) is 13.9. The molecule has 6 nitrogen and oxygen atoms in total. The van der Waals surface area contributed by atoms with E-state index in [1.54, 1.807) is 6.08 Å². The van der Waals surface area contributed by atoms with Gasteiger partial charge < -0.3 is 20.1 Å². The number of nitriles is 1. The average molecular weight is 450 g/mol. The van der Waals surface area contributed by atoms with Gasteiger partial charge in [0.1, 0.15) is 6.07 Å². The third-order valence-corrected chi connectivity index (χ3v) is 5.82. The minimum Gasteiger partial charge on any atom is -0.490 e. The van der Waals surface area contributed by atoms with Crippen LogP contribution in [0.4, 0.5) is 5.69 Å². The zero-order valence-corrected chi connectivity index (χ0v) is 19.1. The van der Waals surface area contributed by atoms with Crippen LogP contribution in [0.25, 0.3) is 6.08 Å². The van der Waals surface area contributed by atoms with Crippen LogP contribution in [0, 0.1) is 11.3 Å². The molecule has 0 aromatic heterocycles. The molecule has 1 fully saturated rings. The topological polar surface area (TPSA) is 83.4 Å². The summed E-state index contributed by atoms with van der Waals surface area (Å²) >= 11 is 1.43. The summed E-state index contributed by atoms with van der Waals surface area (Å²) in [5.41, 5.74) is 3.63. The van der Waals surface area contributed by atoms with Gasteiger partial charge in [0.25, 0.3) is 5.91 Å². The third kappa shape index (κ3) is 5.86. The van der Waals surface area contributed by atoms with E-state index in [0.717, 1.165) is 23.2 Å². The number of nitrogens with zero attached hydrogens (tertiary/aromatic N) is 1. The van der Waals surface area contributed by atoms with Crippen molar-refractivity contribution in [2.75, 3.05) is 18.5 Å². The predicted octanol–water partition coefficient (Wildman–Crippen LogP) is 4.88. The van der Waals surface area contributed by atoms with Gasteiger partial charge >= 0.3 is 0 Å². The second kappa shape index (κ2) is 11.3. The zero-order chi connectivity index (χ0) is 22.9. The van der Waals surface area contributed by atoms with Crippen LogP contribution in [-0.2, 0) is 17.6 Å². The van der Waals surface area contributed by atoms with E-state index < -0.39 is 0 Å². The average Bonchev–Trinajstić information content (AvgIpc) is 3.12. The molecule has 1 heterocycles. The number of amides is 1. The van der Waals surface area contributed by atoms with Gasteiger partial charge in [-0.1, -0.05) is 36.9 Å². The Balaban J connectivity index is 1.83. The minimum absolute atomic E-state index is 0.0739. The number of anilines is 1. The Kier molecular flexibility index (Phi) is 8.23. The van der Waals surface area contributed by atoms with Gasteiger partial charge in [-0.3, -0.25) is 4.79 Å². The van der Waals surface area contributed by atoms with E-state index in [1.165, 1.54) is 17.3 Å². The van der Waals surface area contributed by atoms with Gasteiger partial charge in [0.15, 0.2) is 23.6 Å². The van der Waals surface area contributed by atoms with Crippen LogP contribution in [0.1, 0.15) is 30.5 Å². The summed E-state index contributed by atoms with van der Waals surface area (Å²) in [7, 11) is 0. The normalized spacial score (nSPS) is 16.3. The van der Waals surface area contributed by atoms with Crippen molar-refractivity contribution in [1.29, 1.82) is 5.26 Å². The fourth-order valence-electron chi connectivity index (χ4n) is 3.31. The lowest BCUT2D eigenvalue weighted by Crippen LogP contribution is -2.30. The highest BCUT2D eigenvalue weighted by molar-refractivity contribution is 8.05. The van der Waals surface area contributed by atoms with Crippen molar-refractivity contribution >= 4 is 29.4 Å². The Morgan fingerprint density at radius 1 is 1.25 bits per heavy atom. The molecule has 1 amide bonds. The zero-order valence-electron chi connectivity index (χ0n) is 18.3. The molecule has 2 aromatic rings. The molecular weight excluding hydrogens is 422 g/mol. The van der Waals surface area contributed by atoms with Gasteiger partial charge in [-0.05, 0) is 61.2 Å². The number of carbonyl (C=O) groups excluding carboxylic acids is 1. The highest BCUT2D eigenvalue weighted by Crippen LogP contribution is 2.36. The summed E-state index contributed by atoms with van der Waals surface area (Å²) < 4.78 is 11.4. The SMILES string of the molecule is C=CCc1cc(/C=C2\S[C@H](Nc3ccc(CC)cc3)NC2=O)cc(OCC)c1OCC#N. The van der Waals surface area contributed by atoms with Crippen molar-refractivity contribution in [1.82, 2.24) is 5.32 Å². The van der Waals surface area contributed by atoms with Gasteiger partial charge in [-0.2, -0.15) is 5.26 Å². The molecule has 0 saturated carbocycles. The molecule has 0 radical (unpaired) electrons. The summed E-state index contributed by atoms with van der Waals surface area (Å²) in [4.78, 5) is 13.2. The molecule has 1 aliphatic rings. The van der Waals surface area contributed by atoms with Crippen LogP contribution >= 0.6 is 11.8 Å². The standard InChI is InChI=1S/C25H27N3O3S/c1-4-7-19-14-18(15-21(30-6-3)23(19)31-13-12-26)16-22-24(29)28-25(32-22)27-20-10-8-17(5-2)9-11-20/h4,8-11,14-16,25,27H,1,5-7,13H2,2-3H3,(H,28,29)/b22-16-/t25-/m1/s1. The second-order valence-electron chi connectivity index (χ2n) is 7.05. The summed E-state index contributed by atoms with van der Waals surface area (Å²) in [6.45, 7) is 8.19. The maximum atomic E-state index is 12.6. The number of rotatable bonds is 10. The van der Waals surface area contributed by atoms with Crippen LogP contribution in [-0.4, -0.2) is 24.6 Å². The number of aryl methyl sites for hydroxylation is 1. The largest absolute Gasteiger partial charge is 0.490 e. The first-order valence-electron chi connectivity index (χ1n) is 10.5. The van der Waals surface area contributed by atoms with E-state index in [4.69, 9.17) is 14.7 Å². The lowest BCUT2D eigenvalue weighted by molar-refractivity contribution is -0.116. The van der Waals surface area contributed by atoms with E-state index in [9.17, 15) is 4.79 Å². The maximum absolute atomic E-state index is 12.6. The third-order valence-electron chi connectivity index (χ3n) is 4.79. The van der Waals surface area contributed by atoms with Crippen LogP contribution < -0.4 is 20.1 Å². The Hall–Kier alpha value is -3.37. The molecule has 7 heteroatoms. The van der Waals surface area contributed by atoms with Crippen molar-refractivity contribution in [3.8, 4) is 17.6 Å². The first-order chi connectivity index (χ1) is 15.6. The first kappa shape index (κ1) is 23.3. The van der Waals surface area contributed by atoms with Crippen LogP contribution in [0.2, 0.25) is 0 Å². The van der Waals surface area contributed by atoms with Crippen molar-refractivity contribution in [3.63, 3.8) is 0 Å². The summed E-state index contributed by atoms with van der Waals surface area (Å²) in [5, 5.41) is 15.2. The molecule has 0 bridgehead atoms. The van der Waals surface area contributed by atoms with E-state index in [0.29, 0.717) is 29.4 Å². The molecule has 2 N–H and O–H groups in total. The van der Waals surface area contributed by atoms with Crippen LogP contribution in [0.15, 0.2) is 54.0 Å². The number of hydrogen-bond donors (Lipinski definition) is 2. The Bertz CT molecular complexity index is 1040. The van der Waals surface area contributed by atoms with Gasteiger partial charge in [0, 0.05) is 11.3 Å². The number of carbonyl (C=O) groups is 1. The number of ether oxygens (including phenoxy) is 2. The Labute approximate surface area is 193 Å². The van der Waals surface area contributed by atoms with Crippen molar-refractivity contribution in [3.05, 3.63) is 70.6 Å². The molecule has 1 saturated heterocycles. The fraction of sp³-hybridized carbons (Fsp3) is 0.280. The molecule has 2 aromatic carbocycles. The van der Waals surface area contributed by atoms with Crippen molar-refractivity contribution < 1.29 is 14.3 Å². The quantitative estimate of drug-likeness (QED) is 0.397. The van der Waals surface area contributed by atoms with Crippen molar-refractivity contribution in [2.24, 2.45) is 0 Å². The number of nitrogens with one attached hydrogen (secondary N) is 2. The van der Waals surface area contributed by atoms with E-state index in [1.807, 2.05) is 43.3 Å². The van der Waals surface area contributed by atoms with Crippen LogP contribution in [0.5, 0.6) is 11.5 Å². The molecule has 166 valence electrons. The van der Waals surface area contributed by atoms with E-state index in [2.05, 4.69) is 36.3 Å². The maximum Gasteiger partial charge on any atom is 0.260 e. The molecule has 0 aliphatic carbocycles. The smallest absolute Gasteiger partial charge is 0.260 e. The molecule has 1 aliphatic heterocycles. The molecule has 1 atom stereocenters. The molecule has 0 spiro atoms. The first-order valence-corrected chi connectivity index (χ1v) is 11.4. The predicted molar refractivity (Wildman–Crippen MR) is 130 cm³/mol. The summed E-state index contributed by atoms with van der Waals surface area (Å²) in [6.07, 6.45) is 5.14. The number of hydrogen-bond acceptors (Lipinski definition) is 6.